The van der Waals surface area contributed by atoms with Crippen molar-refractivity contribution in [2.24, 2.45) is 5.92 Å². The summed E-state index contributed by atoms with van der Waals surface area (Å²) < 4.78 is 5.83. The first-order valence-electron chi connectivity index (χ1n) is 9.34. The van der Waals surface area contributed by atoms with E-state index >= 15 is 0 Å². The molecule has 3 amide bonds. The number of hydrogen-bond acceptors (Lipinski definition) is 4. The predicted molar refractivity (Wildman–Crippen MR) is 104 cm³/mol. The molecule has 1 aliphatic heterocycles. The van der Waals surface area contributed by atoms with Crippen LogP contribution in [0.4, 0.5) is 16.2 Å². The quantitative estimate of drug-likeness (QED) is 0.705. The van der Waals surface area contributed by atoms with Crippen LogP contribution in [0.25, 0.3) is 0 Å². The van der Waals surface area contributed by atoms with E-state index < -0.39 is 0 Å². The van der Waals surface area contributed by atoms with Gasteiger partial charge in [-0.3, -0.25) is 15.0 Å². The van der Waals surface area contributed by atoms with Gasteiger partial charge in [-0.05, 0) is 67.1 Å². The minimum atomic E-state index is -0.371. The number of hydrogen-bond donors (Lipinski definition) is 2. The SMILES string of the molecule is O=C1CN(c2ccc(NCCc3cccc(OCC4CC4)c3)cc2)C(=O)N1. The van der Waals surface area contributed by atoms with Crippen molar-refractivity contribution >= 4 is 23.3 Å². The molecule has 27 heavy (non-hydrogen) atoms. The number of carbonyl (C=O) groups excluding carboxylic acids is 2. The Balaban J connectivity index is 1.27. The molecule has 0 radical (unpaired) electrons. The lowest BCUT2D eigenvalue weighted by Crippen LogP contribution is -2.27. The lowest BCUT2D eigenvalue weighted by Gasteiger charge is -2.14. The smallest absolute Gasteiger partial charge is 0.329 e. The maximum absolute atomic E-state index is 11.7. The number of imide groups is 1. The molecule has 4 rings (SSSR count). The maximum atomic E-state index is 11.7. The van der Waals surface area contributed by atoms with E-state index in [-0.39, 0.29) is 18.5 Å². The average molecular weight is 365 g/mol. The molecule has 2 N–H and O–H groups in total. The molecule has 1 heterocycles. The molecule has 140 valence electrons. The van der Waals surface area contributed by atoms with Crippen molar-refractivity contribution in [2.45, 2.75) is 19.3 Å². The van der Waals surface area contributed by atoms with Crippen LogP contribution in [0.2, 0.25) is 0 Å². The third-order valence-corrected chi connectivity index (χ3v) is 4.80. The standard InChI is InChI=1S/C21H23N3O3/c25-20-13-24(21(26)23-20)18-8-6-17(7-9-18)22-11-10-15-2-1-3-19(12-15)27-14-16-4-5-16/h1-3,6-9,12,16,22H,4-5,10-11,13-14H2,(H,23,25,26). The first kappa shape index (κ1) is 17.4. The molecule has 2 fully saturated rings. The summed E-state index contributed by atoms with van der Waals surface area (Å²) in [7, 11) is 0. The third kappa shape index (κ3) is 4.58. The Labute approximate surface area is 158 Å². The molecule has 1 saturated carbocycles. The first-order valence-corrected chi connectivity index (χ1v) is 9.34. The second-order valence-corrected chi connectivity index (χ2v) is 7.06. The van der Waals surface area contributed by atoms with E-state index in [0.717, 1.165) is 36.9 Å². The van der Waals surface area contributed by atoms with E-state index in [1.807, 2.05) is 36.4 Å². The lowest BCUT2D eigenvalue weighted by atomic mass is 10.1. The van der Waals surface area contributed by atoms with Crippen LogP contribution in [0.3, 0.4) is 0 Å². The first-order chi connectivity index (χ1) is 13.2. The van der Waals surface area contributed by atoms with Crippen molar-refractivity contribution in [1.82, 2.24) is 5.32 Å². The summed E-state index contributed by atoms with van der Waals surface area (Å²) in [4.78, 5) is 24.4. The summed E-state index contributed by atoms with van der Waals surface area (Å²) in [5.41, 5.74) is 2.93. The van der Waals surface area contributed by atoms with E-state index in [2.05, 4.69) is 22.8 Å². The van der Waals surface area contributed by atoms with E-state index in [4.69, 9.17) is 4.74 Å². The second kappa shape index (κ2) is 7.70. The van der Waals surface area contributed by atoms with Gasteiger partial charge < -0.3 is 10.1 Å². The molecule has 2 aromatic rings. The van der Waals surface area contributed by atoms with Gasteiger partial charge in [-0.1, -0.05) is 12.1 Å². The highest BCUT2D eigenvalue weighted by molar-refractivity contribution is 6.12. The highest BCUT2D eigenvalue weighted by Crippen LogP contribution is 2.29. The second-order valence-electron chi connectivity index (χ2n) is 7.06. The fourth-order valence-electron chi connectivity index (χ4n) is 3.05. The number of amides is 3. The van der Waals surface area contributed by atoms with E-state index in [1.54, 1.807) is 0 Å². The Kier molecular flexibility index (Phi) is 4.96. The highest BCUT2D eigenvalue weighted by Gasteiger charge is 2.27. The molecule has 0 aromatic heterocycles. The summed E-state index contributed by atoms with van der Waals surface area (Å²) in [5, 5.41) is 5.66. The molecular weight excluding hydrogens is 342 g/mol. The fourth-order valence-corrected chi connectivity index (χ4v) is 3.05. The van der Waals surface area contributed by atoms with Gasteiger partial charge in [-0.2, -0.15) is 0 Å². The summed E-state index contributed by atoms with van der Waals surface area (Å²) in [6.45, 7) is 1.70. The van der Waals surface area contributed by atoms with Gasteiger partial charge >= 0.3 is 6.03 Å². The van der Waals surface area contributed by atoms with Gasteiger partial charge in [0.1, 0.15) is 12.3 Å². The predicted octanol–water partition coefficient (Wildman–Crippen LogP) is 3.19. The molecule has 0 spiro atoms. The molecule has 0 atom stereocenters. The summed E-state index contributed by atoms with van der Waals surface area (Å²) in [6.07, 6.45) is 3.48. The van der Waals surface area contributed by atoms with Crippen LogP contribution in [0.5, 0.6) is 5.75 Å². The van der Waals surface area contributed by atoms with Gasteiger partial charge in [0.05, 0.1) is 6.61 Å². The van der Waals surface area contributed by atoms with Crippen molar-refractivity contribution < 1.29 is 14.3 Å². The number of ether oxygens (including phenoxy) is 1. The minimum absolute atomic E-state index is 0.0742. The molecular formula is C21H23N3O3. The van der Waals surface area contributed by atoms with Crippen LogP contribution in [0.1, 0.15) is 18.4 Å². The number of carbonyl (C=O) groups is 2. The number of anilines is 2. The van der Waals surface area contributed by atoms with Gasteiger partial charge in [0.25, 0.3) is 0 Å². The molecule has 2 aliphatic rings. The van der Waals surface area contributed by atoms with Crippen LogP contribution in [-0.2, 0) is 11.2 Å². The van der Waals surface area contributed by atoms with Crippen molar-refractivity contribution in [3.63, 3.8) is 0 Å². The summed E-state index contributed by atoms with van der Waals surface area (Å²) >= 11 is 0. The van der Waals surface area contributed by atoms with Crippen LogP contribution in [-0.4, -0.2) is 31.6 Å². The monoisotopic (exact) mass is 365 g/mol. The topological polar surface area (TPSA) is 70.7 Å². The molecule has 6 nitrogen and oxygen atoms in total. The molecule has 0 bridgehead atoms. The number of benzene rings is 2. The number of urea groups is 1. The zero-order chi connectivity index (χ0) is 18.6. The lowest BCUT2D eigenvalue weighted by molar-refractivity contribution is -0.117. The largest absolute Gasteiger partial charge is 0.493 e. The zero-order valence-electron chi connectivity index (χ0n) is 15.1. The van der Waals surface area contributed by atoms with Gasteiger partial charge in [0.15, 0.2) is 0 Å². The van der Waals surface area contributed by atoms with E-state index in [0.29, 0.717) is 5.69 Å². The van der Waals surface area contributed by atoms with Crippen molar-refractivity contribution in [3.05, 3.63) is 54.1 Å². The Morgan fingerprint density at radius 1 is 1.11 bits per heavy atom. The van der Waals surface area contributed by atoms with Crippen molar-refractivity contribution in [2.75, 3.05) is 29.9 Å². The molecule has 1 aliphatic carbocycles. The van der Waals surface area contributed by atoms with E-state index in [1.165, 1.54) is 23.3 Å². The van der Waals surface area contributed by atoms with E-state index in [9.17, 15) is 9.59 Å². The van der Waals surface area contributed by atoms with Crippen LogP contribution in [0, 0.1) is 5.92 Å². The normalized spacial score (nSPS) is 16.4. The van der Waals surface area contributed by atoms with Gasteiger partial charge in [-0.25, -0.2) is 4.79 Å². The average Bonchev–Trinajstić information content (AvgIpc) is 3.44. The highest BCUT2D eigenvalue weighted by atomic mass is 16.5. The Bertz CT molecular complexity index is 831. The zero-order valence-corrected chi connectivity index (χ0v) is 15.1. The van der Waals surface area contributed by atoms with Gasteiger partial charge in [0, 0.05) is 17.9 Å². The Morgan fingerprint density at radius 2 is 1.93 bits per heavy atom. The Hall–Kier alpha value is -3.02. The summed E-state index contributed by atoms with van der Waals surface area (Å²) in [5.74, 6) is 1.43. The fraction of sp³-hybridized carbons (Fsp3) is 0.333. The van der Waals surface area contributed by atoms with Crippen LogP contribution < -0.4 is 20.3 Å². The van der Waals surface area contributed by atoms with Gasteiger partial charge in [-0.15, -0.1) is 0 Å². The number of rotatable bonds is 8. The van der Waals surface area contributed by atoms with Crippen molar-refractivity contribution in [1.29, 1.82) is 0 Å². The number of nitrogens with zero attached hydrogens (tertiary/aromatic N) is 1. The minimum Gasteiger partial charge on any atom is -0.493 e. The van der Waals surface area contributed by atoms with Crippen LogP contribution >= 0.6 is 0 Å². The van der Waals surface area contributed by atoms with Crippen LogP contribution in [0.15, 0.2) is 48.5 Å². The maximum Gasteiger partial charge on any atom is 0.329 e. The third-order valence-electron chi connectivity index (χ3n) is 4.80. The summed E-state index contributed by atoms with van der Waals surface area (Å²) in [6, 6.07) is 15.4. The van der Waals surface area contributed by atoms with Crippen molar-refractivity contribution in [3.8, 4) is 5.75 Å². The molecule has 2 aromatic carbocycles. The molecule has 1 saturated heterocycles. The Morgan fingerprint density at radius 3 is 2.63 bits per heavy atom. The molecule has 6 heteroatoms. The number of nitrogens with one attached hydrogen (secondary N) is 2. The molecule has 0 unspecified atom stereocenters. The van der Waals surface area contributed by atoms with Gasteiger partial charge in [0.2, 0.25) is 5.91 Å².